The highest BCUT2D eigenvalue weighted by Crippen LogP contribution is 2.37. The number of piperazine rings is 1. The second-order valence-electron chi connectivity index (χ2n) is 9.74. The Balaban J connectivity index is 1.50. The molecular formula is C30H27F2N5O2S2. The summed E-state index contributed by atoms with van der Waals surface area (Å²) >= 11 is 6.68. The van der Waals surface area contributed by atoms with Gasteiger partial charge in [-0.2, -0.15) is 5.26 Å². The topological polar surface area (TPSA) is 72.6 Å². The zero-order chi connectivity index (χ0) is 29.3. The first-order chi connectivity index (χ1) is 19.7. The Hall–Kier alpha value is -4.01. The van der Waals surface area contributed by atoms with Crippen LogP contribution in [0.15, 0.2) is 58.2 Å². The largest absolute Gasteiger partial charge is 0.368 e. The van der Waals surface area contributed by atoms with Gasteiger partial charge in [-0.25, -0.2) is 8.78 Å². The minimum atomic E-state index is -0.371. The summed E-state index contributed by atoms with van der Waals surface area (Å²) in [5.41, 5.74) is 2.45. The summed E-state index contributed by atoms with van der Waals surface area (Å²) in [6, 6.07) is 14.3. The quantitative estimate of drug-likeness (QED) is 0.293. The van der Waals surface area contributed by atoms with Crippen LogP contribution in [0.25, 0.3) is 6.08 Å². The molecule has 1 aromatic heterocycles. The van der Waals surface area contributed by atoms with Crippen molar-refractivity contribution < 1.29 is 13.6 Å². The summed E-state index contributed by atoms with van der Waals surface area (Å²) in [7, 11) is 0. The average Bonchev–Trinajstić information content (AvgIpc) is 3.23. The van der Waals surface area contributed by atoms with Gasteiger partial charge in [0.15, 0.2) is 0 Å². The predicted molar refractivity (Wildman–Crippen MR) is 162 cm³/mol. The lowest BCUT2D eigenvalue weighted by Crippen LogP contribution is -2.48. The third kappa shape index (κ3) is 5.62. The molecule has 3 aromatic rings. The molecule has 0 aliphatic carbocycles. The molecule has 1 amide bonds. The molecule has 0 atom stereocenters. The van der Waals surface area contributed by atoms with Gasteiger partial charge in [0.2, 0.25) is 0 Å². The van der Waals surface area contributed by atoms with E-state index in [4.69, 9.17) is 12.2 Å². The van der Waals surface area contributed by atoms with Crippen molar-refractivity contribution in [3.05, 3.63) is 97.7 Å². The van der Waals surface area contributed by atoms with Crippen LogP contribution in [0.5, 0.6) is 0 Å². The van der Waals surface area contributed by atoms with Gasteiger partial charge >= 0.3 is 0 Å². The molecular weight excluding hydrogens is 564 g/mol. The number of hydrogen-bond donors (Lipinski definition) is 0. The lowest BCUT2D eigenvalue weighted by Gasteiger charge is -2.39. The first-order valence-corrected chi connectivity index (χ1v) is 14.4. The monoisotopic (exact) mass is 591 g/mol. The standard InChI is InChI=1S/C30H27F2N5O2S2/c1-3-36-27(35-14-12-34(13-15-35)23-10-8-22(32)9-11-23)24(19(2)25(17-33)28(36)38)16-26-29(39)37(30(40)41-26)18-20-4-6-21(31)7-5-20/h4-11,16H,3,12-15,18H2,1-2H3/b26-16-. The van der Waals surface area contributed by atoms with E-state index in [0.717, 1.165) is 23.0 Å². The number of amides is 1. The molecule has 7 nitrogen and oxygen atoms in total. The molecule has 3 heterocycles. The van der Waals surface area contributed by atoms with Gasteiger partial charge in [-0.05, 0) is 67.4 Å². The number of benzene rings is 2. The molecule has 2 aliphatic heterocycles. The van der Waals surface area contributed by atoms with Gasteiger partial charge in [0, 0.05) is 44.0 Å². The third-order valence-corrected chi connectivity index (χ3v) is 8.71. The molecule has 0 unspecified atom stereocenters. The maximum absolute atomic E-state index is 13.5. The number of carbonyl (C=O) groups is 1. The number of thiocarbonyl (C=S) groups is 1. The minimum absolute atomic E-state index is 0.0357. The molecule has 11 heteroatoms. The van der Waals surface area contributed by atoms with Crippen LogP contribution >= 0.6 is 24.0 Å². The molecule has 210 valence electrons. The fourth-order valence-electron chi connectivity index (χ4n) is 5.15. The van der Waals surface area contributed by atoms with E-state index in [-0.39, 0.29) is 35.2 Å². The molecule has 0 radical (unpaired) electrons. The predicted octanol–water partition coefficient (Wildman–Crippen LogP) is 5.05. The first kappa shape index (κ1) is 28.5. The second-order valence-corrected chi connectivity index (χ2v) is 11.4. The minimum Gasteiger partial charge on any atom is -0.368 e. The lowest BCUT2D eigenvalue weighted by molar-refractivity contribution is -0.122. The maximum Gasteiger partial charge on any atom is 0.270 e. The highest BCUT2D eigenvalue weighted by Gasteiger charge is 2.33. The van der Waals surface area contributed by atoms with E-state index in [9.17, 15) is 23.6 Å². The number of thioether (sulfide) groups is 1. The number of carbonyl (C=O) groups excluding carboxylic acids is 1. The molecule has 2 saturated heterocycles. The fraction of sp³-hybridized carbons (Fsp3) is 0.267. The van der Waals surface area contributed by atoms with Gasteiger partial charge in [-0.15, -0.1) is 0 Å². The smallest absolute Gasteiger partial charge is 0.270 e. The van der Waals surface area contributed by atoms with Crippen molar-refractivity contribution in [3.63, 3.8) is 0 Å². The number of halogens is 2. The van der Waals surface area contributed by atoms with Gasteiger partial charge in [0.05, 0.1) is 11.4 Å². The van der Waals surface area contributed by atoms with Crippen LogP contribution in [-0.2, 0) is 17.9 Å². The Kier molecular flexibility index (Phi) is 8.24. The van der Waals surface area contributed by atoms with Crippen LogP contribution in [0.1, 0.15) is 29.2 Å². The van der Waals surface area contributed by atoms with E-state index < -0.39 is 0 Å². The van der Waals surface area contributed by atoms with Crippen LogP contribution < -0.4 is 15.4 Å². The summed E-state index contributed by atoms with van der Waals surface area (Å²) in [5.74, 6) is -0.292. The normalized spacial score (nSPS) is 16.6. The number of rotatable bonds is 6. The van der Waals surface area contributed by atoms with Crippen LogP contribution in [0, 0.1) is 29.9 Å². The fourth-order valence-corrected chi connectivity index (χ4v) is 6.38. The second kappa shape index (κ2) is 11.8. The van der Waals surface area contributed by atoms with Gasteiger partial charge in [0.25, 0.3) is 11.5 Å². The van der Waals surface area contributed by atoms with Crippen LogP contribution in [0.2, 0.25) is 0 Å². The van der Waals surface area contributed by atoms with Crippen molar-refractivity contribution in [2.45, 2.75) is 26.9 Å². The zero-order valence-corrected chi connectivity index (χ0v) is 24.2. The zero-order valence-electron chi connectivity index (χ0n) is 22.6. The van der Waals surface area contributed by atoms with Gasteiger partial charge in [-0.3, -0.25) is 19.1 Å². The van der Waals surface area contributed by atoms with Crippen molar-refractivity contribution in [3.8, 4) is 6.07 Å². The Bertz CT molecular complexity index is 1640. The van der Waals surface area contributed by atoms with E-state index in [1.165, 1.54) is 29.2 Å². The maximum atomic E-state index is 13.5. The first-order valence-electron chi connectivity index (χ1n) is 13.1. The number of nitrogens with zero attached hydrogens (tertiary/aromatic N) is 5. The van der Waals surface area contributed by atoms with Crippen molar-refractivity contribution in [2.24, 2.45) is 0 Å². The van der Waals surface area contributed by atoms with Crippen LogP contribution in [0.3, 0.4) is 0 Å². The van der Waals surface area contributed by atoms with E-state index >= 15 is 0 Å². The third-order valence-electron chi connectivity index (χ3n) is 7.34. The highest BCUT2D eigenvalue weighted by atomic mass is 32.2. The molecule has 0 bridgehead atoms. The highest BCUT2D eigenvalue weighted by molar-refractivity contribution is 8.26. The van der Waals surface area contributed by atoms with Crippen molar-refractivity contribution in [1.29, 1.82) is 5.26 Å². The molecule has 2 aliphatic rings. The van der Waals surface area contributed by atoms with Gasteiger partial charge in [-0.1, -0.05) is 36.1 Å². The molecule has 0 N–H and O–H groups in total. The average molecular weight is 592 g/mol. The van der Waals surface area contributed by atoms with Crippen molar-refractivity contribution in [2.75, 3.05) is 36.0 Å². The summed E-state index contributed by atoms with van der Waals surface area (Å²) in [4.78, 5) is 32.9. The van der Waals surface area contributed by atoms with Gasteiger partial charge < -0.3 is 9.80 Å². The Morgan fingerprint density at radius 3 is 2.15 bits per heavy atom. The molecule has 41 heavy (non-hydrogen) atoms. The molecule has 2 aromatic carbocycles. The van der Waals surface area contributed by atoms with Gasteiger partial charge in [0.1, 0.15) is 33.4 Å². The summed E-state index contributed by atoms with van der Waals surface area (Å²) in [5, 5.41) is 9.85. The summed E-state index contributed by atoms with van der Waals surface area (Å²) < 4.78 is 28.8. The van der Waals surface area contributed by atoms with Crippen molar-refractivity contribution in [1.82, 2.24) is 9.47 Å². The number of aromatic nitrogens is 1. The van der Waals surface area contributed by atoms with Crippen molar-refractivity contribution >= 4 is 51.8 Å². The molecule has 5 rings (SSSR count). The lowest BCUT2D eigenvalue weighted by atomic mass is 10.0. The molecule has 2 fully saturated rings. The molecule has 0 saturated carbocycles. The number of nitriles is 1. The van der Waals surface area contributed by atoms with Crippen LogP contribution in [-0.4, -0.2) is 45.9 Å². The van der Waals surface area contributed by atoms with E-state index in [1.807, 2.05) is 6.92 Å². The van der Waals surface area contributed by atoms with Crippen LogP contribution in [0.4, 0.5) is 20.3 Å². The van der Waals surface area contributed by atoms with E-state index in [2.05, 4.69) is 15.9 Å². The number of pyridine rings is 1. The number of hydrogen-bond acceptors (Lipinski definition) is 7. The van der Waals surface area contributed by atoms with E-state index in [0.29, 0.717) is 58.9 Å². The summed E-state index contributed by atoms with van der Waals surface area (Å²) in [6.45, 7) is 6.56. The molecule has 0 spiro atoms. The number of anilines is 2. The Morgan fingerprint density at radius 1 is 0.976 bits per heavy atom. The Morgan fingerprint density at radius 2 is 1.56 bits per heavy atom. The summed E-state index contributed by atoms with van der Waals surface area (Å²) in [6.07, 6.45) is 1.73. The SMILES string of the molecule is CCn1c(N2CCN(c3ccc(F)cc3)CC2)c(/C=C2\SC(=S)N(Cc3ccc(F)cc3)C2=O)c(C)c(C#N)c1=O. The van der Waals surface area contributed by atoms with E-state index in [1.54, 1.807) is 41.8 Å². The Labute approximate surface area is 246 Å².